The molecule has 1 aliphatic rings. The molecule has 3 heterocycles. The summed E-state index contributed by atoms with van der Waals surface area (Å²) in [6.45, 7) is 7.53. The van der Waals surface area contributed by atoms with Gasteiger partial charge in [-0.2, -0.15) is 0 Å². The third-order valence-electron chi connectivity index (χ3n) is 5.85. The molecule has 1 amide bonds. The lowest BCUT2D eigenvalue weighted by molar-refractivity contribution is 0.0958. The number of fused-ring (bicyclic) bond motifs is 1. The molecule has 0 atom stereocenters. The van der Waals surface area contributed by atoms with Gasteiger partial charge in [-0.1, -0.05) is 6.92 Å². The molecule has 1 saturated heterocycles. The SMILES string of the molecule is CCc1nc2c(F)cc(CN3CCN(c4ccc(C(=O)NC)nc4C)CC3)cc2[nH]c1=O. The lowest BCUT2D eigenvalue weighted by atomic mass is 10.1. The quantitative estimate of drug-likeness (QED) is 0.633. The summed E-state index contributed by atoms with van der Waals surface area (Å²) in [6.07, 6.45) is 0.459. The van der Waals surface area contributed by atoms with Gasteiger partial charge in [0.05, 0.1) is 16.9 Å². The van der Waals surface area contributed by atoms with E-state index in [-0.39, 0.29) is 17.0 Å². The minimum atomic E-state index is -0.417. The van der Waals surface area contributed by atoms with Gasteiger partial charge < -0.3 is 15.2 Å². The summed E-state index contributed by atoms with van der Waals surface area (Å²) < 4.78 is 14.6. The number of aromatic amines is 1. The molecule has 0 aliphatic carbocycles. The summed E-state index contributed by atoms with van der Waals surface area (Å²) in [4.78, 5) is 39.7. The molecule has 1 aliphatic heterocycles. The summed E-state index contributed by atoms with van der Waals surface area (Å²) in [6, 6.07) is 6.99. The van der Waals surface area contributed by atoms with E-state index in [0.29, 0.717) is 29.9 Å². The van der Waals surface area contributed by atoms with Gasteiger partial charge in [0.25, 0.3) is 11.5 Å². The number of aryl methyl sites for hydroxylation is 2. The van der Waals surface area contributed by atoms with Crippen LogP contribution in [0.3, 0.4) is 0 Å². The second kappa shape index (κ2) is 9.04. The number of halogens is 1. The van der Waals surface area contributed by atoms with Gasteiger partial charge in [-0.15, -0.1) is 0 Å². The van der Waals surface area contributed by atoms with Gasteiger partial charge in [0.15, 0.2) is 5.82 Å². The molecule has 0 unspecified atom stereocenters. The molecule has 1 aromatic carbocycles. The van der Waals surface area contributed by atoms with Crippen molar-refractivity contribution < 1.29 is 9.18 Å². The second-order valence-electron chi connectivity index (χ2n) is 7.98. The first-order valence-electron chi connectivity index (χ1n) is 10.8. The fourth-order valence-corrected chi connectivity index (χ4v) is 4.12. The van der Waals surface area contributed by atoms with Crippen molar-refractivity contribution in [1.29, 1.82) is 0 Å². The molecule has 168 valence electrons. The van der Waals surface area contributed by atoms with Gasteiger partial charge in [-0.3, -0.25) is 14.5 Å². The summed E-state index contributed by atoms with van der Waals surface area (Å²) in [5.41, 5.74) is 3.76. The Morgan fingerprint density at radius 2 is 1.94 bits per heavy atom. The molecule has 3 aromatic rings. The number of anilines is 1. The fourth-order valence-electron chi connectivity index (χ4n) is 4.12. The number of carbonyl (C=O) groups is 1. The van der Waals surface area contributed by atoms with E-state index in [2.05, 4.69) is 30.1 Å². The standard InChI is InChI=1S/C23H27FN6O2/c1-4-17-23(32)28-19-12-15(11-16(24)21(19)27-17)13-29-7-9-30(10-8-29)20-6-5-18(22(31)25-3)26-14(20)2/h5-6,11-12H,4,7-10,13H2,1-3H3,(H,25,31)(H,28,32). The predicted molar refractivity (Wildman–Crippen MR) is 122 cm³/mol. The molecule has 32 heavy (non-hydrogen) atoms. The summed E-state index contributed by atoms with van der Waals surface area (Å²) in [5.74, 6) is -0.616. The van der Waals surface area contributed by atoms with Crippen LogP contribution in [0.5, 0.6) is 0 Å². The summed E-state index contributed by atoms with van der Waals surface area (Å²) in [5, 5.41) is 2.59. The minimum absolute atomic E-state index is 0.199. The Morgan fingerprint density at radius 3 is 2.59 bits per heavy atom. The van der Waals surface area contributed by atoms with E-state index in [1.54, 1.807) is 13.1 Å². The van der Waals surface area contributed by atoms with Crippen LogP contribution in [0.25, 0.3) is 11.0 Å². The molecule has 0 radical (unpaired) electrons. The number of H-pyrrole nitrogens is 1. The Bertz CT molecular complexity index is 1220. The van der Waals surface area contributed by atoms with Crippen LogP contribution in [0.15, 0.2) is 29.1 Å². The Morgan fingerprint density at radius 1 is 1.19 bits per heavy atom. The second-order valence-corrected chi connectivity index (χ2v) is 7.98. The van der Waals surface area contributed by atoms with Gasteiger partial charge in [-0.25, -0.2) is 14.4 Å². The molecule has 1 fully saturated rings. The van der Waals surface area contributed by atoms with Crippen LogP contribution in [0, 0.1) is 12.7 Å². The number of aromatic nitrogens is 3. The zero-order chi connectivity index (χ0) is 22.8. The number of nitrogens with zero attached hydrogens (tertiary/aromatic N) is 4. The normalized spacial score (nSPS) is 14.7. The average molecular weight is 439 g/mol. The Balaban J connectivity index is 1.45. The number of piperazine rings is 1. The van der Waals surface area contributed by atoms with Gasteiger partial charge >= 0.3 is 0 Å². The van der Waals surface area contributed by atoms with Crippen molar-refractivity contribution in [2.24, 2.45) is 0 Å². The number of pyridine rings is 1. The smallest absolute Gasteiger partial charge is 0.270 e. The first-order chi connectivity index (χ1) is 15.4. The Kier molecular flexibility index (Phi) is 6.18. The van der Waals surface area contributed by atoms with Gasteiger partial charge in [0.2, 0.25) is 0 Å². The van der Waals surface area contributed by atoms with E-state index in [1.165, 1.54) is 6.07 Å². The first kappa shape index (κ1) is 21.9. The van der Waals surface area contributed by atoms with E-state index in [0.717, 1.165) is 43.1 Å². The Labute approximate surface area is 185 Å². The predicted octanol–water partition coefficient (Wildman–Crippen LogP) is 2.01. The van der Waals surface area contributed by atoms with Crippen LogP contribution in [0.4, 0.5) is 10.1 Å². The fraction of sp³-hybridized carbons (Fsp3) is 0.391. The lowest BCUT2D eigenvalue weighted by Crippen LogP contribution is -2.46. The van der Waals surface area contributed by atoms with Crippen molar-refractivity contribution in [1.82, 2.24) is 25.2 Å². The van der Waals surface area contributed by atoms with Gasteiger partial charge in [-0.05, 0) is 43.2 Å². The van der Waals surface area contributed by atoms with E-state index < -0.39 is 5.82 Å². The molecule has 8 nitrogen and oxygen atoms in total. The van der Waals surface area contributed by atoms with Crippen molar-refractivity contribution in [3.05, 3.63) is 63.1 Å². The van der Waals surface area contributed by atoms with E-state index >= 15 is 0 Å². The highest BCUT2D eigenvalue weighted by Gasteiger charge is 2.20. The van der Waals surface area contributed by atoms with E-state index in [4.69, 9.17) is 0 Å². The van der Waals surface area contributed by atoms with Crippen molar-refractivity contribution >= 4 is 22.6 Å². The van der Waals surface area contributed by atoms with Crippen LogP contribution in [-0.4, -0.2) is 59.0 Å². The number of hydrogen-bond acceptors (Lipinski definition) is 6. The number of benzene rings is 1. The van der Waals surface area contributed by atoms with E-state index in [1.807, 2.05) is 26.0 Å². The number of carbonyl (C=O) groups excluding carboxylic acids is 1. The zero-order valence-corrected chi connectivity index (χ0v) is 18.5. The maximum atomic E-state index is 14.6. The monoisotopic (exact) mass is 438 g/mol. The van der Waals surface area contributed by atoms with Crippen molar-refractivity contribution in [3.63, 3.8) is 0 Å². The first-order valence-corrected chi connectivity index (χ1v) is 10.8. The molecule has 2 aromatic heterocycles. The molecule has 4 rings (SSSR count). The van der Waals surface area contributed by atoms with Crippen LogP contribution in [0.2, 0.25) is 0 Å². The molecule has 9 heteroatoms. The highest BCUT2D eigenvalue weighted by Crippen LogP contribution is 2.22. The van der Waals surface area contributed by atoms with Gasteiger partial charge in [0, 0.05) is 39.8 Å². The van der Waals surface area contributed by atoms with Crippen LogP contribution in [-0.2, 0) is 13.0 Å². The Hall–Kier alpha value is -3.33. The highest BCUT2D eigenvalue weighted by atomic mass is 19.1. The lowest BCUT2D eigenvalue weighted by Gasteiger charge is -2.36. The molecule has 0 saturated carbocycles. The maximum Gasteiger partial charge on any atom is 0.270 e. The zero-order valence-electron chi connectivity index (χ0n) is 18.5. The van der Waals surface area contributed by atoms with Crippen LogP contribution < -0.4 is 15.8 Å². The summed E-state index contributed by atoms with van der Waals surface area (Å²) in [7, 11) is 1.59. The molecule has 2 N–H and O–H groups in total. The van der Waals surface area contributed by atoms with Crippen molar-refractivity contribution in [2.75, 3.05) is 38.1 Å². The largest absolute Gasteiger partial charge is 0.368 e. The topological polar surface area (TPSA) is 94.2 Å². The van der Waals surface area contributed by atoms with Crippen LogP contribution >= 0.6 is 0 Å². The van der Waals surface area contributed by atoms with Crippen molar-refractivity contribution in [2.45, 2.75) is 26.8 Å². The molecular formula is C23H27FN6O2. The number of hydrogen-bond donors (Lipinski definition) is 2. The van der Waals surface area contributed by atoms with Gasteiger partial charge in [0.1, 0.15) is 16.9 Å². The summed E-state index contributed by atoms with van der Waals surface area (Å²) >= 11 is 0. The van der Waals surface area contributed by atoms with Crippen molar-refractivity contribution in [3.8, 4) is 0 Å². The molecular weight excluding hydrogens is 411 g/mol. The highest BCUT2D eigenvalue weighted by molar-refractivity contribution is 5.92. The third-order valence-corrected chi connectivity index (χ3v) is 5.85. The number of rotatable bonds is 5. The van der Waals surface area contributed by atoms with E-state index in [9.17, 15) is 14.0 Å². The third kappa shape index (κ3) is 4.34. The molecule has 0 bridgehead atoms. The average Bonchev–Trinajstić information content (AvgIpc) is 2.78. The number of nitrogens with one attached hydrogen (secondary N) is 2. The minimum Gasteiger partial charge on any atom is -0.368 e. The number of amides is 1. The molecule has 0 spiro atoms. The van der Waals surface area contributed by atoms with Crippen LogP contribution in [0.1, 0.15) is 34.4 Å². The maximum absolute atomic E-state index is 14.6.